The molecule has 8 heteroatoms. The number of Topliss-reactive ketones (excluding diaryl/α,β-unsaturated/α-hetero) is 1. The molecule has 0 radical (unpaired) electrons. The van der Waals surface area contributed by atoms with Gasteiger partial charge in [-0.1, -0.05) is 12.1 Å². The first kappa shape index (κ1) is 21.2. The van der Waals surface area contributed by atoms with E-state index in [2.05, 4.69) is 5.32 Å². The van der Waals surface area contributed by atoms with E-state index < -0.39 is 10.0 Å². The minimum absolute atomic E-state index is 0.0950. The molecule has 0 unspecified atom stereocenters. The summed E-state index contributed by atoms with van der Waals surface area (Å²) in [4.78, 5) is 24.1. The van der Waals surface area contributed by atoms with Gasteiger partial charge in [0.05, 0.1) is 17.1 Å². The van der Waals surface area contributed by atoms with Crippen LogP contribution in [0.2, 0.25) is 0 Å². The SMILES string of the molecule is CC(=O)c1cccc(NC(=O)c2ccc(S(=O)(=O)N3C[C@H](C)O[C@@H](C)C3)cc2)c1. The van der Waals surface area contributed by atoms with Crippen molar-refractivity contribution in [2.45, 2.75) is 37.9 Å². The van der Waals surface area contributed by atoms with Crippen molar-refractivity contribution in [1.29, 1.82) is 0 Å². The van der Waals surface area contributed by atoms with Crippen LogP contribution >= 0.6 is 0 Å². The third kappa shape index (κ3) is 4.90. The molecular weight excluding hydrogens is 392 g/mol. The maximum atomic E-state index is 12.9. The lowest BCUT2D eigenvalue weighted by molar-refractivity contribution is -0.0440. The Balaban J connectivity index is 1.75. The van der Waals surface area contributed by atoms with Crippen LogP contribution in [0, 0.1) is 0 Å². The second-order valence-corrected chi connectivity index (χ2v) is 9.13. The Morgan fingerprint density at radius 2 is 1.62 bits per heavy atom. The standard InChI is InChI=1S/C21H24N2O5S/c1-14-12-23(13-15(2)28-14)29(26,27)20-9-7-17(8-10-20)21(25)22-19-6-4-5-18(11-19)16(3)24/h4-11,14-15H,12-13H2,1-3H3,(H,22,25)/t14-,15-/m0/s1. The lowest BCUT2D eigenvalue weighted by Crippen LogP contribution is -2.48. The summed E-state index contributed by atoms with van der Waals surface area (Å²) in [6.45, 7) is 5.72. The number of hydrogen-bond donors (Lipinski definition) is 1. The van der Waals surface area contributed by atoms with E-state index in [4.69, 9.17) is 4.74 Å². The number of morpholine rings is 1. The zero-order chi connectivity index (χ0) is 21.2. The van der Waals surface area contributed by atoms with Crippen LogP contribution in [0.5, 0.6) is 0 Å². The van der Waals surface area contributed by atoms with E-state index in [1.54, 1.807) is 24.3 Å². The Hall–Kier alpha value is -2.55. The molecule has 1 aliphatic heterocycles. The van der Waals surface area contributed by atoms with Crippen molar-refractivity contribution in [2.24, 2.45) is 0 Å². The monoisotopic (exact) mass is 416 g/mol. The molecule has 0 aliphatic carbocycles. The zero-order valence-corrected chi connectivity index (χ0v) is 17.4. The number of hydrogen-bond acceptors (Lipinski definition) is 5. The predicted octanol–water partition coefficient (Wildman–Crippen LogP) is 2.94. The number of ether oxygens (including phenoxy) is 1. The lowest BCUT2D eigenvalue weighted by Gasteiger charge is -2.34. The average Bonchev–Trinajstić information content (AvgIpc) is 2.67. The fourth-order valence-electron chi connectivity index (χ4n) is 3.27. The minimum Gasteiger partial charge on any atom is -0.373 e. The summed E-state index contributed by atoms with van der Waals surface area (Å²) >= 11 is 0. The average molecular weight is 416 g/mol. The Morgan fingerprint density at radius 3 is 2.21 bits per heavy atom. The Kier molecular flexibility index (Phi) is 6.16. The largest absolute Gasteiger partial charge is 0.373 e. The predicted molar refractivity (Wildman–Crippen MR) is 110 cm³/mol. The lowest BCUT2D eigenvalue weighted by atomic mass is 10.1. The highest BCUT2D eigenvalue weighted by molar-refractivity contribution is 7.89. The molecule has 3 rings (SSSR count). The van der Waals surface area contributed by atoms with Crippen LogP contribution in [0.25, 0.3) is 0 Å². The molecular formula is C21H24N2O5S. The van der Waals surface area contributed by atoms with Gasteiger partial charge in [0, 0.05) is 29.9 Å². The van der Waals surface area contributed by atoms with Gasteiger partial charge in [-0.15, -0.1) is 0 Å². The quantitative estimate of drug-likeness (QED) is 0.757. The molecule has 2 atom stereocenters. The van der Waals surface area contributed by atoms with Crippen molar-refractivity contribution >= 4 is 27.4 Å². The van der Waals surface area contributed by atoms with Gasteiger partial charge >= 0.3 is 0 Å². The number of anilines is 1. The van der Waals surface area contributed by atoms with Crippen molar-refractivity contribution in [1.82, 2.24) is 4.31 Å². The molecule has 1 fully saturated rings. The fraction of sp³-hybridized carbons (Fsp3) is 0.333. The second-order valence-electron chi connectivity index (χ2n) is 7.19. The van der Waals surface area contributed by atoms with E-state index in [0.29, 0.717) is 29.9 Å². The van der Waals surface area contributed by atoms with Gasteiger partial charge in [0.1, 0.15) is 0 Å². The minimum atomic E-state index is -3.66. The van der Waals surface area contributed by atoms with Crippen molar-refractivity contribution in [3.8, 4) is 0 Å². The number of ketones is 1. The maximum Gasteiger partial charge on any atom is 0.255 e. The van der Waals surface area contributed by atoms with Crippen molar-refractivity contribution in [2.75, 3.05) is 18.4 Å². The van der Waals surface area contributed by atoms with Crippen molar-refractivity contribution < 1.29 is 22.7 Å². The molecule has 2 aromatic carbocycles. The molecule has 0 spiro atoms. The highest BCUT2D eigenvalue weighted by atomic mass is 32.2. The normalized spacial score (nSPS) is 20.2. The number of benzene rings is 2. The molecule has 0 saturated carbocycles. The van der Waals surface area contributed by atoms with Crippen LogP contribution in [0.1, 0.15) is 41.5 Å². The molecule has 1 saturated heterocycles. The van der Waals surface area contributed by atoms with Gasteiger partial charge in [-0.2, -0.15) is 4.31 Å². The molecule has 0 aromatic heterocycles. The Morgan fingerprint density at radius 1 is 1.00 bits per heavy atom. The van der Waals surface area contributed by atoms with Gasteiger partial charge in [0.2, 0.25) is 10.0 Å². The second kappa shape index (κ2) is 8.44. The number of nitrogens with one attached hydrogen (secondary N) is 1. The maximum absolute atomic E-state index is 12.9. The summed E-state index contributed by atoms with van der Waals surface area (Å²) in [6, 6.07) is 12.5. The van der Waals surface area contributed by atoms with E-state index in [0.717, 1.165) is 0 Å². The zero-order valence-electron chi connectivity index (χ0n) is 16.6. The van der Waals surface area contributed by atoms with E-state index >= 15 is 0 Å². The summed E-state index contributed by atoms with van der Waals surface area (Å²) in [5, 5.41) is 2.72. The smallest absolute Gasteiger partial charge is 0.255 e. The van der Waals surface area contributed by atoms with Gasteiger partial charge in [-0.25, -0.2) is 8.42 Å². The van der Waals surface area contributed by atoms with E-state index in [1.807, 2.05) is 13.8 Å². The van der Waals surface area contributed by atoms with E-state index in [1.165, 1.54) is 35.5 Å². The third-order valence-corrected chi connectivity index (χ3v) is 6.51. The summed E-state index contributed by atoms with van der Waals surface area (Å²) in [5.74, 6) is -0.481. The van der Waals surface area contributed by atoms with E-state index in [9.17, 15) is 18.0 Å². The summed E-state index contributed by atoms with van der Waals surface area (Å²) < 4.78 is 32.8. The first-order chi connectivity index (χ1) is 13.7. The number of nitrogens with zero attached hydrogens (tertiary/aromatic N) is 1. The van der Waals surface area contributed by atoms with Gasteiger partial charge in [-0.3, -0.25) is 9.59 Å². The molecule has 0 bridgehead atoms. The number of carbonyl (C=O) groups excluding carboxylic acids is 2. The number of amides is 1. The van der Waals surface area contributed by atoms with Gasteiger partial charge in [0.15, 0.2) is 5.78 Å². The molecule has 2 aromatic rings. The third-order valence-electron chi connectivity index (χ3n) is 4.67. The summed E-state index contributed by atoms with van der Waals surface area (Å²) in [7, 11) is -3.66. The van der Waals surface area contributed by atoms with Gasteiger partial charge < -0.3 is 10.1 Å². The molecule has 29 heavy (non-hydrogen) atoms. The van der Waals surface area contributed by atoms with Crippen molar-refractivity contribution in [3.63, 3.8) is 0 Å². The molecule has 1 aliphatic rings. The van der Waals surface area contributed by atoms with Gasteiger partial charge in [-0.05, 0) is 57.2 Å². The summed E-state index contributed by atoms with van der Waals surface area (Å²) in [6.07, 6.45) is -0.353. The van der Waals surface area contributed by atoms with Crippen LogP contribution in [0.3, 0.4) is 0 Å². The highest BCUT2D eigenvalue weighted by Gasteiger charge is 2.32. The first-order valence-electron chi connectivity index (χ1n) is 9.35. The topological polar surface area (TPSA) is 92.8 Å². The fourth-order valence-corrected chi connectivity index (χ4v) is 4.86. The highest BCUT2D eigenvalue weighted by Crippen LogP contribution is 2.22. The molecule has 1 heterocycles. The molecule has 1 amide bonds. The van der Waals surface area contributed by atoms with Crippen LogP contribution in [0.15, 0.2) is 53.4 Å². The van der Waals surface area contributed by atoms with Crippen LogP contribution in [-0.2, 0) is 14.8 Å². The Labute approximate surface area is 170 Å². The van der Waals surface area contributed by atoms with E-state index in [-0.39, 0.29) is 28.8 Å². The van der Waals surface area contributed by atoms with Crippen LogP contribution in [-0.4, -0.2) is 49.7 Å². The van der Waals surface area contributed by atoms with Crippen molar-refractivity contribution in [3.05, 3.63) is 59.7 Å². The number of sulfonamides is 1. The Bertz CT molecular complexity index is 1010. The first-order valence-corrected chi connectivity index (χ1v) is 10.8. The molecule has 1 N–H and O–H groups in total. The molecule has 154 valence electrons. The van der Waals surface area contributed by atoms with Crippen LogP contribution < -0.4 is 5.32 Å². The van der Waals surface area contributed by atoms with Gasteiger partial charge in [0.25, 0.3) is 5.91 Å². The van der Waals surface area contributed by atoms with Crippen LogP contribution in [0.4, 0.5) is 5.69 Å². The summed E-state index contributed by atoms with van der Waals surface area (Å²) in [5.41, 5.74) is 1.31. The molecule has 7 nitrogen and oxygen atoms in total. The number of carbonyl (C=O) groups is 2. The number of rotatable bonds is 5.